The van der Waals surface area contributed by atoms with Crippen LogP contribution in [-0.2, 0) is 4.74 Å². The average Bonchev–Trinajstić information content (AvgIpc) is 2.16. The van der Waals surface area contributed by atoms with E-state index in [4.69, 9.17) is 4.74 Å². The minimum absolute atomic E-state index is 0.110. The van der Waals surface area contributed by atoms with Gasteiger partial charge in [0.2, 0.25) is 0 Å². The highest BCUT2D eigenvalue weighted by molar-refractivity contribution is 4.85. The Balaban J connectivity index is 1.95. The van der Waals surface area contributed by atoms with E-state index in [2.05, 4.69) is 13.8 Å². The summed E-state index contributed by atoms with van der Waals surface area (Å²) in [5.41, 5.74) is 0. The monoisotopic (exact) mass is 212 g/mol. The first kappa shape index (κ1) is 11.4. The number of ether oxygens (including phenoxy) is 1. The molecule has 0 aromatic heterocycles. The largest absolute Gasteiger partial charge is 0.393 e. The van der Waals surface area contributed by atoms with Crippen LogP contribution in [-0.4, -0.2) is 24.4 Å². The number of hydrogen-bond acceptors (Lipinski definition) is 2. The molecule has 1 aliphatic heterocycles. The Morgan fingerprint density at radius 1 is 1.07 bits per heavy atom. The molecule has 2 nitrogen and oxygen atoms in total. The molecule has 2 fully saturated rings. The lowest BCUT2D eigenvalue weighted by atomic mass is 9.69. The second-order valence-corrected chi connectivity index (χ2v) is 5.77. The van der Waals surface area contributed by atoms with Crippen LogP contribution in [0.15, 0.2) is 0 Å². The molecule has 4 unspecified atom stereocenters. The third-order valence-electron chi connectivity index (χ3n) is 4.18. The second kappa shape index (κ2) is 4.84. The maximum absolute atomic E-state index is 10.0. The van der Waals surface area contributed by atoms with Crippen molar-refractivity contribution in [3.05, 3.63) is 0 Å². The van der Waals surface area contributed by atoms with E-state index in [9.17, 15) is 5.11 Å². The van der Waals surface area contributed by atoms with Crippen LogP contribution in [0.3, 0.4) is 0 Å². The van der Waals surface area contributed by atoms with Crippen molar-refractivity contribution in [2.45, 2.75) is 45.6 Å². The van der Waals surface area contributed by atoms with Crippen molar-refractivity contribution in [2.75, 3.05) is 13.2 Å². The number of hydrogen-bond donors (Lipinski definition) is 1. The second-order valence-electron chi connectivity index (χ2n) is 5.77. The minimum atomic E-state index is -0.110. The molecule has 4 atom stereocenters. The quantitative estimate of drug-likeness (QED) is 0.723. The Morgan fingerprint density at radius 2 is 1.73 bits per heavy atom. The molecular weight excluding hydrogens is 188 g/mol. The Bertz CT molecular complexity index is 195. The van der Waals surface area contributed by atoms with Crippen molar-refractivity contribution in [1.82, 2.24) is 0 Å². The van der Waals surface area contributed by atoms with Crippen LogP contribution in [0.4, 0.5) is 0 Å². The lowest BCUT2D eigenvalue weighted by Gasteiger charge is -2.40. The topological polar surface area (TPSA) is 29.5 Å². The number of aliphatic hydroxyl groups is 1. The molecule has 1 heterocycles. The van der Waals surface area contributed by atoms with E-state index >= 15 is 0 Å². The molecule has 0 radical (unpaired) electrons. The Hall–Kier alpha value is -0.0800. The van der Waals surface area contributed by atoms with Crippen LogP contribution in [0.1, 0.15) is 39.5 Å². The fraction of sp³-hybridized carbons (Fsp3) is 1.00. The first-order valence-corrected chi connectivity index (χ1v) is 6.42. The third-order valence-corrected chi connectivity index (χ3v) is 4.18. The molecule has 1 aliphatic carbocycles. The maximum Gasteiger partial charge on any atom is 0.0615 e. The molecule has 0 aromatic rings. The summed E-state index contributed by atoms with van der Waals surface area (Å²) in [5.74, 6) is 2.75. The van der Waals surface area contributed by atoms with Gasteiger partial charge < -0.3 is 9.84 Å². The fourth-order valence-corrected chi connectivity index (χ4v) is 3.56. The van der Waals surface area contributed by atoms with Gasteiger partial charge in [-0.05, 0) is 43.4 Å². The highest BCUT2D eigenvalue weighted by Gasteiger charge is 2.35. The van der Waals surface area contributed by atoms with Gasteiger partial charge in [0.05, 0.1) is 12.7 Å². The zero-order valence-corrected chi connectivity index (χ0v) is 9.98. The van der Waals surface area contributed by atoms with Gasteiger partial charge in [0.25, 0.3) is 0 Å². The summed E-state index contributed by atoms with van der Waals surface area (Å²) in [4.78, 5) is 0. The van der Waals surface area contributed by atoms with Crippen molar-refractivity contribution in [3.63, 3.8) is 0 Å². The predicted molar refractivity (Wildman–Crippen MR) is 60.6 cm³/mol. The summed E-state index contributed by atoms with van der Waals surface area (Å²) in [5, 5.41) is 10.0. The maximum atomic E-state index is 10.0. The van der Waals surface area contributed by atoms with Gasteiger partial charge in [-0.2, -0.15) is 0 Å². The van der Waals surface area contributed by atoms with Crippen molar-refractivity contribution < 1.29 is 9.84 Å². The summed E-state index contributed by atoms with van der Waals surface area (Å²) in [6, 6.07) is 0. The van der Waals surface area contributed by atoms with E-state index in [-0.39, 0.29) is 6.10 Å². The molecule has 0 bridgehead atoms. The molecular formula is C13H24O2. The first-order valence-electron chi connectivity index (χ1n) is 6.42. The van der Waals surface area contributed by atoms with Gasteiger partial charge in [-0.25, -0.2) is 0 Å². The smallest absolute Gasteiger partial charge is 0.0615 e. The lowest BCUT2D eigenvalue weighted by Crippen LogP contribution is -2.39. The summed E-state index contributed by atoms with van der Waals surface area (Å²) >= 11 is 0. The van der Waals surface area contributed by atoms with Crippen LogP contribution >= 0.6 is 0 Å². The Kier molecular flexibility index (Phi) is 3.68. The molecule has 1 N–H and O–H groups in total. The van der Waals surface area contributed by atoms with E-state index in [1.807, 2.05) is 0 Å². The zero-order chi connectivity index (χ0) is 10.8. The highest BCUT2D eigenvalue weighted by atomic mass is 16.5. The van der Waals surface area contributed by atoms with Gasteiger partial charge in [0.15, 0.2) is 0 Å². The van der Waals surface area contributed by atoms with Crippen LogP contribution in [0.2, 0.25) is 0 Å². The molecule has 15 heavy (non-hydrogen) atoms. The van der Waals surface area contributed by atoms with Gasteiger partial charge >= 0.3 is 0 Å². The van der Waals surface area contributed by atoms with E-state index in [1.165, 1.54) is 19.3 Å². The molecule has 0 spiro atoms. The molecule has 2 rings (SSSR count). The van der Waals surface area contributed by atoms with Gasteiger partial charge in [0, 0.05) is 12.5 Å². The summed E-state index contributed by atoms with van der Waals surface area (Å²) < 4.78 is 5.52. The Morgan fingerprint density at radius 3 is 2.33 bits per heavy atom. The molecule has 2 heteroatoms. The van der Waals surface area contributed by atoms with Crippen molar-refractivity contribution in [2.24, 2.45) is 23.7 Å². The van der Waals surface area contributed by atoms with Crippen LogP contribution in [0.25, 0.3) is 0 Å². The lowest BCUT2D eigenvalue weighted by molar-refractivity contribution is -0.0697. The van der Waals surface area contributed by atoms with E-state index in [1.54, 1.807) is 0 Å². The predicted octanol–water partition coefficient (Wildman–Crippen LogP) is 2.46. The summed E-state index contributed by atoms with van der Waals surface area (Å²) in [6.07, 6.45) is 4.66. The molecule has 1 saturated heterocycles. The van der Waals surface area contributed by atoms with Gasteiger partial charge in [-0.3, -0.25) is 0 Å². The number of rotatable bonds is 1. The molecule has 0 amide bonds. The molecule has 2 aliphatic rings. The van der Waals surface area contributed by atoms with Crippen molar-refractivity contribution >= 4 is 0 Å². The van der Waals surface area contributed by atoms with Crippen LogP contribution < -0.4 is 0 Å². The highest BCUT2D eigenvalue weighted by Crippen LogP contribution is 2.39. The van der Waals surface area contributed by atoms with Crippen molar-refractivity contribution in [3.8, 4) is 0 Å². The summed E-state index contributed by atoms with van der Waals surface area (Å²) in [7, 11) is 0. The van der Waals surface area contributed by atoms with Crippen LogP contribution in [0, 0.1) is 23.7 Å². The summed E-state index contributed by atoms with van der Waals surface area (Å²) in [6.45, 7) is 6.22. The third kappa shape index (κ3) is 2.73. The SMILES string of the molecule is CC1CC(C)CC(C2COCCC2O)C1. The Labute approximate surface area is 93.0 Å². The normalized spacial score (nSPS) is 47.8. The fourth-order valence-electron chi connectivity index (χ4n) is 3.56. The van der Waals surface area contributed by atoms with Gasteiger partial charge in [0.1, 0.15) is 0 Å². The molecule has 88 valence electrons. The average molecular weight is 212 g/mol. The molecule has 1 saturated carbocycles. The van der Waals surface area contributed by atoms with Gasteiger partial charge in [-0.15, -0.1) is 0 Å². The molecule has 0 aromatic carbocycles. The standard InChI is InChI=1S/C13H24O2/c1-9-5-10(2)7-11(6-9)12-8-15-4-3-13(12)14/h9-14H,3-8H2,1-2H3. The van der Waals surface area contributed by atoms with E-state index < -0.39 is 0 Å². The van der Waals surface area contributed by atoms with Crippen molar-refractivity contribution in [1.29, 1.82) is 0 Å². The minimum Gasteiger partial charge on any atom is -0.393 e. The van der Waals surface area contributed by atoms with Crippen LogP contribution in [0.5, 0.6) is 0 Å². The number of aliphatic hydroxyl groups excluding tert-OH is 1. The first-order chi connectivity index (χ1) is 7.16. The van der Waals surface area contributed by atoms with E-state index in [0.29, 0.717) is 11.8 Å². The van der Waals surface area contributed by atoms with E-state index in [0.717, 1.165) is 31.5 Å². The zero-order valence-electron chi connectivity index (χ0n) is 9.98. The van der Waals surface area contributed by atoms with Gasteiger partial charge in [-0.1, -0.05) is 13.8 Å².